The zero-order valence-corrected chi connectivity index (χ0v) is 16.0. The Morgan fingerprint density at radius 3 is 2.09 bits per heavy atom. The maximum Gasteiger partial charge on any atom is 0.217 e. The van der Waals surface area contributed by atoms with Crippen molar-refractivity contribution >= 4 is 28.8 Å². The van der Waals surface area contributed by atoms with E-state index in [1.165, 1.54) is 28.8 Å². The molecule has 2 aromatic rings. The minimum absolute atomic E-state index is 0.116. The van der Waals surface area contributed by atoms with Gasteiger partial charge in [-0.15, -0.1) is 0 Å². The van der Waals surface area contributed by atoms with Gasteiger partial charge in [-0.2, -0.15) is 11.1 Å². The number of hydrogen-bond donors (Lipinski definition) is 0. The Balaban J connectivity index is 2.61. The molecule has 0 amide bonds. The van der Waals surface area contributed by atoms with Crippen molar-refractivity contribution in [2.24, 2.45) is 0 Å². The van der Waals surface area contributed by atoms with Crippen LogP contribution in [-0.2, 0) is 5.41 Å². The predicted octanol–water partition coefficient (Wildman–Crippen LogP) is 5.08. The van der Waals surface area contributed by atoms with E-state index in [0.29, 0.717) is 0 Å². The van der Waals surface area contributed by atoms with E-state index >= 15 is 0 Å². The van der Waals surface area contributed by atoms with E-state index in [9.17, 15) is 0 Å². The second-order valence-corrected chi connectivity index (χ2v) is 12.2. The third kappa shape index (κ3) is 3.64. The summed E-state index contributed by atoms with van der Waals surface area (Å²) in [6, 6.07) is 20.6. The smallest absolute Gasteiger partial charge is 0.155 e. The molecule has 0 saturated carbocycles. The minimum atomic E-state index is -2.20. The van der Waals surface area contributed by atoms with Gasteiger partial charge in [-0.25, -0.2) is 0 Å². The molecule has 0 N–H and O–H groups in total. The minimum Gasteiger partial charge on any atom is -0.155 e. The van der Waals surface area contributed by atoms with Crippen LogP contribution in [0.1, 0.15) is 46.1 Å². The first-order valence-electron chi connectivity index (χ1n) is 8.24. The first-order valence-corrected chi connectivity index (χ1v) is 11.5. The maximum absolute atomic E-state index is 7.42. The predicted molar refractivity (Wildman–Crippen MR) is 102 cm³/mol. The molecule has 0 aliphatic carbocycles. The van der Waals surface area contributed by atoms with E-state index < -0.39 is 7.38 Å². The molecule has 1 unspecified atom stereocenters. The lowest BCUT2D eigenvalue weighted by molar-refractivity contribution is 0.594. The van der Waals surface area contributed by atoms with Crippen LogP contribution >= 0.6 is 11.1 Å². The van der Waals surface area contributed by atoms with Crippen molar-refractivity contribution in [3.8, 4) is 0 Å². The van der Waals surface area contributed by atoms with Crippen LogP contribution in [0.3, 0.4) is 0 Å². The van der Waals surface area contributed by atoms with Gasteiger partial charge in [-0.1, -0.05) is 95.1 Å². The second kappa shape index (κ2) is 7.02. The number of halogens is 1. The molecule has 0 fully saturated rings. The molecule has 1 atom stereocenters. The van der Waals surface area contributed by atoms with Crippen LogP contribution in [0.2, 0.25) is 6.04 Å². The highest BCUT2D eigenvalue weighted by molar-refractivity contribution is 7.34. The lowest BCUT2D eigenvalue weighted by Gasteiger charge is -2.32. The lowest BCUT2D eigenvalue weighted by Crippen LogP contribution is -2.55. The molecule has 0 radical (unpaired) electrons. The van der Waals surface area contributed by atoms with Gasteiger partial charge in [0.15, 0.2) is 0 Å². The molecular weight excluding hydrogens is 304 g/mol. The highest BCUT2D eigenvalue weighted by Gasteiger charge is 2.38. The number of benzene rings is 2. The van der Waals surface area contributed by atoms with Gasteiger partial charge >= 0.3 is 0 Å². The van der Waals surface area contributed by atoms with Crippen molar-refractivity contribution in [1.82, 2.24) is 0 Å². The zero-order valence-electron chi connectivity index (χ0n) is 14.2. The van der Waals surface area contributed by atoms with E-state index in [2.05, 4.69) is 82.3 Å². The summed E-state index contributed by atoms with van der Waals surface area (Å²) in [6.07, 6.45) is 2.37. The molecule has 2 rings (SSSR count). The first-order chi connectivity index (χ1) is 10.4. The van der Waals surface area contributed by atoms with Crippen LogP contribution in [0, 0.1) is 0 Å². The summed E-state index contributed by atoms with van der Waals surface area (Å²) < 4.78 is 0. The Morgan fingerprint density at radius 1 is 0.909 bits per heavy atom. The lowest BCUT2D eigenvalue weighted by atomic mass is 9.87. The Hall–Kier alpha value is -1.05. The summed E-state index contributed by atoms with van der Waals surface area (Å²) in [4.78, 5) is 0. The molecule has 0 aliphatic heterocycles. The second-order valence-electron chi connectivity index (χ2n) is 7.07. The summed E-state index contributed by atoms with van der Waals surface area (Å²) in [6.45, 7) is 9.08. The molecule has 118 valence electrons. The van der Waals surface area contributed by atoms with Crippen LogP contribution in [0.15, 0.2) is 54.6 Å². The average molecular weight is 331 g/mol. The van der Waals surface area contributed by atoms with Crippen LogP contribution in [0.5, 0.6) is 0 Å². The number of rotatable bonds is 5. The third-order valence-corrected chi connectivity index (χ3v) is 9.68. The SMILES string of the molecule is CCCC[Si](Cl)(c1ccccc1)c1ccccc1C(C)(C)C. The molecule has 22 heavy (non-hydrogen) atoms. The van der Waals surface area contributed by atoms with Crippen LogP contribution in [0.25, 0.3) is 0 Å². The van der Waals surface area contributed by atoms with Gasteiger partial charge in [0.2, 0.25) is 7.38 Å². The molecule has 0 bridgehead atoms. The third-order valence-electron chi connectivity index (χ3n) is 4.27. The van der Waals surface area contributed by atoms with E-state index in [0.717, 1.165) is 6.04 Å². The maximum atomic E-state index is 7.42. The van der Waals surface area contributed by atoms with Gasteiger partial charge in [0.05, 0.1) is 0 Å². The molecular formula is C20H27ClSi. The van der Waals surface area contributed by atoms with Gasteiger partial charge in [0.1, 0.15) is 0 Å². The highest BCUT2D eigenvalue weighted by atomic mass is 35.6. The van der Waals surface area contributed by atoms with Gasteiger partial charge < -0.3 is 0 Å². The highest BCUT2D eigenvalue weighted by Crippen LogP contribution is 2.27. The Bertz CT molecular complexity index is 601. The Morgan fingerprint density at radius 2 is 1.50 bits per heavy atom. The number of unbranched alkanes of at least 4 members (excludes halogenated alkanes) is 1. The number of hydrogen-bond acceptors (Lipinski definition) is 0. The van der Waals surface area contributed by atoms with Crippen molar-refractivity contribution in [3.63, 3.8) is 0 Å². The standard InChI is InChI=1S/C20H27ClSi/c1-5-6-16-22(21,17-12-8-7-9-13-17)19-15-11-10-14-18(19)20(2,3)4/h7-15H,5-6,16H2,1-4H3. The van der Waals surface area contributed by atoms with E-state index in [1.54, 1.807) is 0 Å². The van der Waals surface area contributed by atoms with Gasteiger partial charge in [-0.3, -0.25) is 0 Å². The Kier molecular flexibility index (Phi) is 5.52. The summed E-state index contributed by atoms with van der Waals surface area (Å²) in [7, 11) is -2.20. The fraction of sp³-hybridized carbons (Fsp3) is 0.400. The van der Waals surface area contributed by atoms with Crippen molar-refractivity contribution < 1.29 is 0 Å². The average Bonchev–Trinajstić information content (AvgIpc) is 2.52. The van der Waals surface area contributed by atoms with Gasteiger partial charge in [0.25, 0.3) is 0 Å². The summed E-state index contributed by atoms with van der Waals surface area (Å²) in [5, 5.41) is 2.73. The quantitative estimate of drug-likeness (QED) is 0.529. The summed E-state index contributed by atoms with van der Waals surface area (Å²) >= 11 is 7.42. The topological polar surface area (TPSA) is 0 Å². The molecule has 0 spiro atoms. The van der Waals surface area contributed by atoms with Crippen molar-refractivity contribution in [2.75, 3.05) is 0 Å². The molecule has 0 heterocycles. The summed E-state index contributed by atoms with van der Waals surface area (Å²) in [5.74, 6) is 0. The monoisotopic (exact) mass is 330 g/mol. The molecule has 2 aromatic carbocycles. The van der Waals surface area contributed by atoms with Crippen molar-refractivity contribution in [2.45, 2.75) is 52.0 Å². The van der Waals surface area contributed by atoms with Crippen LogP contribution in [-0.4, -0.2) is 7.38 Å². The van der Waals surface area contributed by atoms with Crippen molar-refractivity contribution in [1.29, 1.82) is 0 Å². The van der Waals surface area contributed by atoms with Gasteiger partial charge in [-0.05, 0) is 27.4 Å². The van der Waals surface area contributed by atoms with E-state index in [4.69, 9.17) is 11.1 Å². The molecule has 0 aromatic heterocycles. The van der Waals surface area contributed by atoms with Crippen LogP contribution < -0.4 is 10.4 Å². The largest absolute Gasteiger partial charge is 0.217 e. The molecule has 2 heteroatoms. The molecule has 0 aliphatic rings. The summed E-state index contributed by atoms with van der Waals surface area (Å²) in [5.41, 5.74) is 1.52. The molecule has 0 nitrogen and oxygen atoms in total. The zero-order chi connectivity index (χ0) is 16.2. The van der Waals surface area contributed by atoms with Gasteiger partial charge in [0, 0.05) is 0 Å². The fourth-order valence-corrected chi connectivity index (χ4v) is 7.99. The van der Waals surface area contributed by atoms with Crippen LogP contribution in [0.4, 0.5) is 0 Å². The Labute approximate surface area is 141 Å². The molecule has 0 saturated heterocycles. The normalized spacial score (nSPS) is 14.6. The fourth-order valence-electron chi connectivity index (χ4n) is 3.04. The van der Waals surface area contributed by atoms with Crippen molar-refractivity contribution in [3.05, 3.63) is 60.2 Å². The van der Waals surface area contributed by atoms with E-state index in [-0.39, 0.29) is 5.41 Å². The van der Waals surface area contributed by atoms with E-state index in [1.807, 2.05) is 0 Å². The first kappa shape index (κ1) is 17.3.